The molecule has 0 atom stereocenters. The molecule has 3 aromatic rings. The summed E-state index contributed by atoms with van der Waals surface area (Å²) in [5, 5.41) is 15.7. The summed E-state index contributed by atoms with van der Waals surface area (Å²) in [6.45, 7) is 0.260. The molecule has 0 bridgehead atoms. The van der Waals surface area contributed by atoms with E-state index in [1.54, 1.807) is 11.3 Å². The van der Waals surface area contributed by atoms with Crippen molar-refractivity contribution in [3.8, 4) is 0 Å². The first kappa shape index (κ1) is 14.1. The van der Waals surface area contributed by atoms with Crippen LogP contribution in [0.5, 0.6) is 0 Å². The smallest absolute Gasteiger partial charge is 0.307 e. The topological polar surface area (TPSA) is 113 Å². The van der Waals surface area contributed by atoms with Crippen molar-refractivity contribution in [3.63, 3.8) is 0 Å². The molecule has 0 radical (unpaired) electrons. The predicted octanol–water partition coefficient (Wildman–Crippen LogP) is 2.31. The molecule has 23 heavy (non-hydrogen) atoms. The second kappa shape index (κ2) is 5.27. The van der Waals surface area contributed by atoms with Crippen molar-refractivity contribution < 1.29 is 4.92 Å². The normalized spacial score (nSPS) is 14.1. The maximum atomic E-state index is 10.7. The lowest BCUT2D eigenvalue weighted by molar-refractivity contribution is -0.385. The minimum atomic E-state index is -0.477. The zero-order chi connectivity index (χ0) is 16.0. The summed E-state index contributed by atoms with van der Waals surface area (Å²) in [5.41, 5.74) is 7.40. The maximum absolute atomic E-state index is 10.7. The van der Waals surface area contributed by atoms with Crippen molar-refractivity contribution in [1.29, 1.82) is 0 Å². The number of hydrogen-bond acceptors (Lipinski definition) is 7. The van der Waals surface area contributed by atoms with E-state index in [1.807, 2.05) is 0 Å². The summed E-state index contributed by atoms with van der Waals surface area (Å²) in [4.78, 5) is 21.5. The van der Waals surface area contributed by atoms with Crippen LogP contribution in [0.4, 0.5) is 11.5 Å². The third-order valence-electron chi connectivity index (χ3n) is 4.02. The third-order valence-corrected chi connectivity index (χ3v) is 5.21. The van der Waals surface area contributed by atoms with Gasteiger partial charge in [0.05, 0.1) is 10.3 Å². The second-order valence-electron chi connectivity index (χ2n) is 5.57. The number of fused-ring (bicyclic) bond motifs is 3. The van der Waals surface area contributed by atoms with Gasteiger partial charge in [-0.15, -0.1) is 11.3 Å². The third kappa shape index (κ3) is 2.42. The van der Waals surface area contributed by atoms with Crippen LogP contribution in [0.1, 0.15) is 29.1 Å². The molecule has 4 rings (SSSR count). The monoisotopic (exact) mass is 330 g/mol. The highest BCUT2D eigenvalue weighted by Crippen LogP contribution is 2.37. The Morgan fingerprint density at radius 1 is 1.35 bits per heavy atom. The van der Waals surface area contributed by atoms with Crippen molar-refractivity contribution in [1.82, 2.24) is 19.7 Å². The number of anilines is 1. The Morgan fingerprint density at radius 2 is 2.17 bits per heavy atom. The van der Waals surface area contributed by atoms with E-state index >= 15 is 0 Å². The molecule has 3 heterocycles. The van der Waals surface area contributed by atoms with Gasteiger partial charge in [-0.3, -0.25) is 14.8 Å². The van der Waals surface area contributed by atoms with Gasteiger partial charge >= 0.3 is 5.69 Å². The maximum Gasteiger partial charge on any atom is 0.307 e. The summed E-state index contributed by atoms with van der Waals surface area (Å²) in [6.07, 6.45) is 7.08. The average Bonchev–Trinajstić information content (AvgIpc) is 3.11. The van der Waals surface area contributed by atoms with Gasteiger partial charge in [0.25, 0.3) is 0 Å². The van der Waals surface area contributed by atoms with Crippen molar-refractivity contribution >= 4 is 33.1 Å². The molecule has 118 valence electrons. The van der Waals surface area contributed by atoms with E-state index in [0.29, 0.717) is 11.6 Å². The summed E-state index contributed by atoms with van der Waals surface area (Å²) >= 11 is 1.68. The minimum absolute atomic E-state index is 0.0503. The Balaban J connectivity index is 1.72. The average molecular weight is 330 g/mol. The van der Waals surface area contributed by atoms with Gasteiger partial charge in [-0.05, 0) is 31.2 Å². The van der Waals surface area contributed by atoms with Crippen molar-refractivity contribution in [3.05, 3.63) is 38.8 Å². The van der Waals surface area contributed by atoms with Gasteiger partial charge in [-0.25, -0.2) is 9.97 Å². The number of thiophene rings is 1. The quantitative estimate of drug-likeness (QED) is 0.582. The molecule has 0 spiro atoms. The number of aromatic nitrogens is 4. The van der Waals surface area contributed by atoms with Gasteiger partial charge in [0.1, 0.15) is 29.6 Å². The highest BCUT2D eigenvalue weighted by Gasteiger charge is 2.20. The van der Waals surface area contributed by atoms with Crippen molar-refractivity contribution in [2.24, 2.45) is 0 Å². The molecule has 0 aromatic carbocycles. The Kier molecular flexibility index (Phi) is 3.22. The lowest BCUT2D eigenvalue weighted by Crippen LogP contribution is -2.07. The molecule has 0 saturated heterocycles. The van der Waals surface area contributed by atoms with E-state index in [9.17, 15) is 10.1 Å². The minimum Gasteiger partial charge on any atom is -0.383 e. The summed E-state index contributed by atoms with van der Waals surface area (Å²) in [6, 6.07) is 0. The first-order valence-electron chi connectivity index (χ1n) is 7.35. The molecular formula is C14H14N6O2S. The van der Waals surface area contributed by atoms with E-state index in [4.69, 9.17) is 5.73 Å². The lowest BCUT2D eigenvalue weighted by atomic mass is 9.97. The number of rotatable bonds is 3. The molecule has 3 aromatic heterocycles. The number of nitrogens with zero attached hydrogens (tertiary/aromatic N) is 5. The molecule has 0 saturated carbocycles. The second-order valence-corrected chi connectivity index (χ2v) is 6.65. The summed E-state index contributed by atoms with van der Waals surface area (Å²) in [7, 11) is 0. The van der Waals surface area contributed by atoms with Crippen molar-refractivity contribution in [2.45, 2.75) is 32.2 Å². The number of aryl methyl sites for hydroxylation is 2. The van der Waals surface area contributed by atoms with E-state index in [0.717, 1.165) is 23.1 Å². The van der Waals surface area contributed by atoms with Crippen LogP contribution in [0.2, 0.25) is 0 Å². The largest absolute Gasteiger partial charge is 0.383 e. The van der Waals surface area contributed by atoms with Crippen LogP contribution < -0.4 is 5.73 Å². The summed E-state index contributed by atoms with van der Waals surface area (Å²) in [5.74, 6) is 1.01. The Morgan fingerprint density at radius 3 is 2.96 bits per heavy atom. The van der Waals surface area contributed by atoms with Crippen LogP contribution in [0, 0.1) is 10.1 Å². The standard InChI is InChI=1S/C14H14N6O2S/c15-13-12-9-3-1-2-4-10(9)23-14(12)18-11(17-13)7-19-6-8(5-16-19)20(21)22/h5-6H,1-4,7H2,(H2,15,17,18). The molecule has 0 fully saturated rings. The number of nitrogen functional groups attached to an aromatic ring is 1. The van der Waals surface area contributed by atoms with Crippen LogP contribution >= 0.6 is 11.3 Å². The molecule has 0 unspecified atom stereocenters. The highest BCUT2D eigenvalue weighted by atomic mass is 32.1. The first-order valence-corrected chi connectivity index (χ1v) is 8.17. The van der Waals surface area contributed by atoms with Gasteiger partial charge in [-0.2, -0.15) is 5.10 Å². The fourth-order valence-corrected chi connectivity index (χ4v) is 4.27. The van der Waals surface area contributed by atoms with Gasteiger partial charge in [-0.1, -0.05) is 0 Å². The molecule has 1 aliphatic rings. The molecule has 8 nitrogen and oxygen atoms in total. The SMILES string of the molecule is Nc1nc(Cn2cc([N+](=O)[O-])cn2)nc2sc3c(c12)CCCC3. The Labute approximate surface area is 135 Å². The van der Waals surface area contributed by atoms with E-state index in [2.05, 4.69) is 15.1 Å². The summed E-state index contributed by atoms with van der Waals surface area (Å²) < 4.78 is 1.45. The molecule has 0 amide bonds. The predicted molar refractivity (Wildman–Crippen MR) is 86.5 cm³/mol. The number of nitrogens with two attached hydrogens (primary N) is 1. The van der Waals surface area contributed by atoms with Crippen LogP contribution in [-0.2, 0) is 19.4 Å². The lowest BCUT2D eigenvalue weighted by Gasteiger charge is -2.10. The first-order chi connectivity index (χ1) is 11.1. The van der Waals surface area contributed by atoms with Gasteiger partial charge in [0.15, 0.2) is 5.82 Å². The zero-order valence-electron chi connectivity index (χ0n) is 12.2. The van der Waals surface area contributed by atoms with Gasteiger partial charge in [0, 0.05) is 4.88 Å². The fourth-order valence-electron chi connectivity index (χ4n) is 2.98. The van der Waals surface area contributed by atoms with Crippen LogP contribution in [0.3, 0.4) is 0 Å². The Bertz CT molecular complexity index is 916. The van der Waals surface area contributed by atoms with E-state index < -0.39 is 4.92 Å². The Hall–Kier alpha value is -2.55. The molecule has 0 aliphatic heterocycles. The molecule has 2 N–H and O–H groups in total. The fraction of sp³-hybridized carbons (Fsp3) is 0.357. The number of nitro groups is 1. The molecular weight excluding hydrogens is 316 g/mol. The van der Waals surface area contributed by atoms with Crippen molar-refractivity contribution in [2.75, 3.05) is 5.73 Å². The van der Waals surface area contributed by atoms with Gasteiger partial charge < -0.3 is 5.73 Å². The molecule has 9 heteroatoms. The van der Waals surface area contributed by atoms with Crippen LogP contribution in [0.25, 0.3) is 10.2 Å². The van der Waals surface area contributed by atoms with E-state index in [-0.39, 0.29) is 12.2 Å². The van der Waals surface area contributed by atoms with Crippen LogP contribution in [0.15, 0.2) is 12.4 Å². The zero-order valence-corrected chi connectivity index (χ0v) is 13.0. The number of hydrogen-bond donors (Lipinski definition) is 1. The molecule has 1 aliphatic carbocycles. The highest BCUT2D eigenvalue weighted by molar-refractivity contribution is 7.19. The van der Waals surface area contributed by atoms with E-state index in [1.165, 1.54) is 40.4 Å². The van der Waals surface area contributed by atoms with Gasteiger partial charge in [0.2, 0.25) is 0 Å². The van der Waals surface area contributed by atoms with Crippen LogP contribution in [-0.4, -0.2) is 24.7 Å².